The van der Waals surface area contributed by atoms with E-state index < -0.39 is 40.5 Å². The zero-order valence-corrected chi connectivity index (χ0v) is 13.7. The van der Waals surface area contributed by atoms with Gasteiger partial charge in [0.1, 0.15) is 0 Å². The van der Waals surface area contributed by atoms with Gasteiger partial charge in [-0.3, -0.25) is 30.2 Å². The topological polar surface area (TPSA) is 172 Å². The fraction of sp³-hybridized carbons (Fsp3) is 0.500. The summed E-state index contributed by atoms with van der Waals surface area (Å²) in [5.41, 5.74) is -3.78. The van der Waals surface area contributed by atoms with Crippen LogP contribution in [0.4, 0.5) is 0 Å². The van der Waals surface area contributed by atoms with E-state index in [0.717, 1.165) is 25.7 Å². The third kappa shape index (κ3) is 5.63. The van der Waals surface area contributed by atoms with E-state index in [9.17, 15) is 19.2 Å². The molecule has 0 atom stereocenters. The van der Waals surface area contributed by atoms with Crippen molar-refractivity contribution in [3.05, 3.63) is 0 Å². The van der Waals surface area contributed by atoms with Crippen molar-refractivity contribution in [2.24, 2.45) is 4.99 Å². The minimum atomic E-state index is -1.87. The molecule has 0 fully saturated rings. The fourth-order valence-corrected chi connectivity index (χ4v) is 2.26. The highest BCUT2D eigenvalue weighted by molar-refractivity contribution is 6.99. The van der Waals surface area contributed by atoms with Gasteiger partial charge in [0, 0.05) is 6.54 Å². The van der Waals surface area contributed by atoms with Gasteiger partial charge in [-0.15, -0.1) is 0 Å². The maximum absolute atomic E-state index is 12.3. The van der Waals surface area contributed by atoms with E-state index in [0.29, 0.717) is 12.8 Å². The number of carbonyl (C=O) groups is 4. The van der Waals surface area contributed by atoms with E-state index in [1.54, 1.807) is 0 Å². The molecule has 0 aromatic carbocycles. The Kier molecular flexibility index (Phi) is 7.64. The molecule has 0 aromatic rings. The number of ketones is 3. The van der Waals surface area contributed by atoms with Crippen LogP contribution in [0.2, 0.25) is 0 Å². The van der Waals surface area contributed by atoms with Gasteiger partial charge >= 0.3 is 5.97 Å². The van der Waals surface area contributed by atoms with Crippen molar-refractivity contribution in [3.8, 4) is 0 Å². The summed E-state index contributed by atoms with van der Waals surface area (Å²) in [6.07, 6.45) is 5.08. The summed E-state index contributed by atoms with van der Waals surface area (Å²) in [6.45, 7) is 0.137. The van der Waals surface area contributed by atoms with Crippen molar-refractivity contribution >= 4 is 46.2 Å². The van der Waals surface area contributed by atoms with Crippen molar-refractivity contribution in [3.63, 3.8) is 0 Å². The minimum Gasteiger partial charge on any atom is -0.476 e. The lowest BCUT2D eigenvalue weighted by Crippen LogP contribution is -2.41. The van der Waals surface area contributed by atoms with Crippen molar-refractivity contribution in [1.29, 1.82) is 16.2 Å². The zero-order valence-electron chi connectivity index (χ0n) is 13.7. The zero-order chi connectivity index (χ0) is 19.0. The predicted octanol–water partition coefficient (Wildman–Crippen LogP) is 1.02. The van der Waals surface area contributed by atoms with Crippen LogP contribution in [0.25, 0.3) is 0 Å². The van der Waals surface area contributed by atoms with Gasteiger partial charge in [0.25, 0.3) is 0 Å². The SMILES string of the molecule is N=C1CCCCCCCCN=C(C(=O)C(=N)C(=O)C(=N)C(=O)O)C1=O. The number of aliphatic carboxylic acids is 1. The van der Waals surface area contributed by atoms with Crippen LogP contribution in [-0.4, -0.2) is 57.8 Å². The van der Waals surface area contributed by atoms with Crippen LogP contribution in [0.3, 0.4) is 0 Å². The second kappa shape index (κ2) is 9.45. The second-order valence-electron chi connectivity index (χ2n) is 5.62. The average molecular weight is 348 g/mol. The highest BCUT2D eigenvalue weighted by atomic mass is 16.4. The average Bonchev–Trinajstić information content (AvgIpc) is 2.58. The van der Waals surface area contributed by atoms with Gasteiger partial charge < -0.3 is 10.5 Å². The molecule has 1 aliphatic heterocycles. The molecule has 0 saturated carbocycles. The van der Waals surface area contributed by atoms with Crippen LogP contribution >= 0.6 is 0 Å². The number of carboxylic acid groups (broad SMARTS) is 1. The minimum absolute atomic E-state index is 0.137. The molecule has 25 heavy (non-hydrogen) atoms. The quantitative estimate of drug-likeness (QED) is 0.428. The van der Waals surface area contributed by atoms with Crippen LogP contribution < -0.4 is 0 Å². The maximum atomic E-state index is 12.3. The molecule has 134 valence electrons. The first-order valence-electron chi connectivity index (χ1n) is 7.93. The van der Waals surface area contributed by atoms with Gasteiger partial charge in [0.05, 0.1) is 5.71 Å². The maximum Gasteiger partial charge on any atom is 0.357 e. The third-order valence-corrected chi connectivity index (χ3v) is 3.70. The number of hydrogen-bond acceptors (Lipinski definition) is 8. The van der Waals surface area contributed by atoms with Crippen LogP contribution in [0.15, 0.2) is 4.99 Å². The predicted molar refractivity (Wildman–Crippen MR) is 90.5 cm³/mol. The number of Topliss-reactive ketones (excluding diaryl/α,β-unsaturated/α-hetero) is 3. The standard InChI is InChI=1S/C16H20N4O5/c17-9-7-5-3-1-2-4-6-8-20-12(13(9)21)15(23)10(18)14(22)11(19)16(24)25/h17-19H,1-8H2,(H,24,25). The van der Waals surface area contributed by atoms with Crippen LogP contribution in [-0.2, 0) is 19.2 Å². The van der Waals surface area contributed by atoms with Gasteiger partial charge in [-0.2, -0.15) is 0 Å². The first-order chi connectivity index (χ1) is 11.8. The number of aliphatic imine (C=N–C) groups is 1. The first-order valence-corrected chi connectivity index (χ1v) is 7.93. The smallest absolute Gasteiger partial charge is 0.357 e. The monoisotopic (exact) mass is 348 g/mol. The van der Waals surface area contributed by atoms with Crippen molar-refractivity contribution in [1.82, 2.24) is 0 Å². The molecular weight excluding hydrogens is 328 g/mol. The number of carbonyl (C=O) groups excluding carboxylic acids is 3. The van der Waals surface area contributed by atoms with Crippen molar-refractivity contribution in [2.45, 2.75) is 44.9 Å². The Labute approximate surface area is 144 Å². The molecule has 0 spiro atoms. The summed E-state index contributed by atoms with van der Waals surface area (Å²) in [6, 6.07) is 0. The van der Waals surface area contributed by atoms with Gasteiger partial charge in [-0.25, -0.2) is 4.79 Å². The lowest BCUT2D eigenvalue weighted by Gasteiger charge is -2.09. The molecule has 0 aliphatic carbocycles. The molecule has 1 heterocycles. The lowest BCUT2D eigenvalue weighted by molar-refractivity contribution is -0.130. The molecule has 4 N–H and O–H groups in total. The Morgan fingerprint density at radius 3 is 2.08 bits per heavy atom. The Morgan fingerprint density at radius 1 is 0.920 bits per heavy atom. The highest BCUT2D eigenvalue weighted by Crippen LogP contribution is 2.10. The van der Waals surface area contributed by atoms with Crippen LogP contribution in [0, 0.1) is 16.2 Å². The van der Waals surface area contributed by atoms with E-state index in [2.05, 4.69) is 4.99 Å². The largest absolute Gasteiger partial charge is 0.476 e. The summed E-state index contributed by atoms with van der Waals surface area (Å²) < 4.78 is 0. The van der Waals surface area contributed by atoms with E-state index in [1.165, 1.54) is 0 Å². The Bertz CT molecular complexity index is 678. The number of rotatable bonds is 5. The summed E-state index contributed by atoms with van der Waals surface area (Å²) >= 11 is 0. The fourth-order valence-electron chi connectivity index (χ4n) is 2.26. The molecule has 0 amide bonds. The molecule has 0 saturated heterocycles. The molecule has 0 unspecified atom stereocenters. The molecule has 1 rings (SSSR count). The number of nitrogens with one attached hydrogen (secondary N) is 3. The number of nitrogens with zero attached hydrogens (tertiary/aromatic N) is 1. The van der Waals surface area contributed by atoms with Crippen molar-refractivity contribution in [2.75, 3.05) is 6.54 Å². The first kappa shape index (κ1) is 20.2. The summed E-state index contributed by atoms with van der Waals surface area (Å²) in [5.74, 6) is -5.76. The Hall–Kier alpha value is -2.84. The molecule has 0 aromatic heterocycles. The van der Waals surface area contributed by atoms with Crippen LogP contribution in [0.1, 0.15) is 44.9 Å². The molecular formula is C16H20N4O5. The third-order valence-electron chi connectivity index (χ3n) is 3.70. The van der Waals surface area contributed by atoms with E-state index >= 15 is 0 Å². The van der Waals surface area contributed by atoms with Gasteiger partial charge in [0.2, 0.25) is 17.3 Å². The summed E-state index contributed by atoms with van der Waals surface area (Å²) in [7, 11) is 0. The van der Waals surface area contributed by atoms with Crippen molar-refractivity contribution < 1.29 is 24.3 Å². The van der Waals surface area contributed by atoms with Crippen LogP contribution in [0.5, 0.6) is 0 Å². The molecule has 9 heteroatoms. The number of hydrogen-bond donors (Lipinski definition) is 4. The second-order valence-corrected chi connectivity index (χ2v) is 5.62. The Balaban J connectivity index is 3.06. The number of carboxylic acids is 1. The molecule has 9 nitrogen and oxygen atoms in total. The summed E-state index contributed by atoms with van der Waals surface area (Å²) in [5, 5.41) is 31.0. The molecule has 0 radical (unpaired) electrons. The molecule has 0 bridgehead atoms. The summed E-state index contributed by atoms with van der Waals surface area (Å²) in [4.78, 5) is 50.7. The van der Waals surface area contributed by atoms with E-state index in [-0.39, 0.29) is 18.7 Å². The molecule has 1 aliphatic rings. The van der Waals surface area contributed by atoms with E-state index in [1.807, 2.05) is 0 Å². The Morgan fingerprint density at radius 2 is 1.48 bits per heavy atom. The van der Waals surface area contributed by atoms with Gasteiger partial charge in [-0.1, -0.05) is 25.7 Å². The van der Waals surface area contributed by atoms with Gasteiger partial charge in [-0.05, 0) is 19.3 Å². The normalized spacial score (nSPS) is 16.9. The van der Waals surface area contributed by atoms with Gasteiger partial charge in [0.15, 0.2) is 17.1 Å². The lowest BCUT2D eigenvalue weighted by atomic mass is 9.97. The highest BCUT2D eigenvalue weighted by Gasteiger charge is 2.33. The van der Waals surface area contributed by atoms with E-state index in [4.69, 9.17) is 21.3 Å².